The molecule has 1 aromatic heterocycles. The second kappa shape index (κ2) is 6.24. The molecule has 1 aliphatic heterocycles. The highest BCUT2D eigenvalue weighted by molar-refractivity contribution is 7.90. The summed E-state index contributed by atoms with van der Waals surface area (Å²) in [5.41, 5.74) is 0.354. The molecule has 7 heteroatoms. The number of aromatic nitrogens is 1. The number of carbonyl (C=O) groups excluding carboxylic acids is 1. The number of hydrogen-bond acceptors (Lipinski definition) is 5. The first-order chi connectivity index (χ1) is 10.5. The van der Waals surface area contributed by atoms with E-state index in [1.165, 1.54) is 6.92 Å². The summed E-state index contributed by atoms with van der Waals surface area (Å²) in [6, 6.07) is 1.70. The molecule has 1 aromatic rings. The molecule has 0 radical (unpaired) electrons. The molecule has 2 heterocycles. The lowest BCUT2D eigenvalue weighted by Crippen LogP contribution is -2.55. The van der Waals surface area contributed by atoms with E-state index >= 15 is 0 Å². The quantitative estimate of drug-likeness (QED) is 0.508. The molecule has 23 heavy (non-hydrogen) atoms. The highest BCUT2D eigenvalue weighted by Crippen LogP contribution is 2.46. The standard InChI is InChI=1S/C16H23ClN2O3S/c1-9(2)16(19-23(21)15(4,5)6)8-22-13-11(16)7-12(10(3)20)18-14(13)17/h7,9,19H,8H2,1-6H3. The van der Waals surface area contributed by atoms with Crippen molar-refractivity contribution in [1.29, 1.82) is 0 Å². The van der Waals surface area contributed by atoms with Gasteiger partial charge in [-0.25, -0.2) is 4.98 Å². The van der Waals surface area contributed by atoms with Crippen LogP contribution >= 0.6 is 11.6 Å². The predicted molar refractivity (Wildman–Crippen MR) is 92.3 cm³/mol. The summed E-state index contributed by atoms with van der Waals surface area (Å²) in [7, 11) is 0. The van der Waals surface area contributed by atoms with Crippen molar-refractivity contribution < 1.29 is 14.1 Å². The number of rotatable bonds is 4. The maximum atomic E-state index is 12.7. The first-order valence-electron chi connectivity index (χ1n) is 7.53. The zero-order chi connectivity index (χ0) is 17.6. The maximum Gasteiger partial charge on any atom is 0.178 e. The average Bonchev–Trinajstić information content (AvgIpc) is 2.78. The van der Waals surface area contributed by atoms with Crippen LogP contribution in [0.3, 0.4) is 0 Å². The van der Waals surface area contributed by atoms with Gasteiger partial charge in [-0.2, -0.15) is 0 Å². The zero-order valence-corrected chi connectivity index (χ0v) is 15.9. The Labute approximate surface area is 145 Å². The fraction of sp³-hybridized carbons (Fsp3) is 0.625. The van der Waals surface area contributed by atoms with Crippen LogP contribution in [0.15, 0.2) is 6.07 Å². The SMILES string of the molecule is CC(=O)c1cc2c(c(Cl)n1)OCC2(N[S+]([O-])C(C)(C)C)C(C)C. The van der Waals surface area contributed by atoms with E-state index in [-0.39, 0.29) is 22.5 Å². The molecule has 2 rings (SSSR count). The number of pyridine rings is 1. The molecule has 0 saturated carbocycles. The summed E-state index contributed by atoms with van der Waals surface area (Å²) in [6.07, 6.45) is 0. The van der Waals surface area contributed by atoms with E-state index in [4.69, 9.17) is 16.3 Å². The number of ether oxygens (including phenoxy) is 1. The molecule has 0 aromatic carbocycles. The molecular formula is C16H23ClN2O3S. The highest BCUT2D eigenvalue weighted by atomic mass is 35.5. The van der Waals surface area contributed by atoms with Gasteiger partial charge in [0.2, 0.25) is 0 Å². The van der Waals surface area contributed by atoms with Gasteiger partial charge in [0.15, 0.2) is 16.7 Å². The molecule has 5 nitrogen and oxygen atoms in total. The third kappa shape index (κ3) is 3.36. The van der Waals surface area contributed by atoms with Crippen LogP contribution in [0.4, 0.5) is 0 Å². The van der Waals surface area contributed by atoms with Crippen LogP contribution in [0.1, 0.15) is 57.6 Å². The van der Waals surface area contributed by atoms with E-state index < -0.39 is 21.6 Å². The molecule has 0 aliphatic carbocycles. The molecule has 0 spiro atoms. The molecule has 0 bridgehead atoms. The molecule has 2 unspecified atom stereocenters. The lowest BCUT2D eigenvalue weighted by Gasteiger charge is -2.36. The number of carbonyl (C=O) groups is 1. The van der Waals surface area contributed by atoms with Gasteiger partial charge >= 0.3 is 0 Å². The Bertz CT molecular complexity index is 630. The number of halogens is 1. The van der Waals surface area contributed by atoms with Gasteiger partial charge in [0.25, 0.3) is 0 Å². The van der Waals surface area contributed by atoms with E-state index in [0.29, 0.717) is 12.4 Å². The first-order valence-corrected chi connectivity index (χ1v) is 9.06. The summed E-state index contributed by atoms with van der Waals surface area (Å²) in [6.45, 7) is 11.5. The van der Waals surface area contributed by atoms with Crippen LogP contribution in [0.5, 0.6) is 5.75 Å². The van der Waals surface area contributed by atoms with Gasteiger partial charge in [-0.15, -0.1) is 4.72 Å². The third-order valence-corrected chi connectivity index (χ3v) is 5.95. The number of hydrogen-bond donors (Lipinski definition) is 1. The summed E-state index contributed by atoms with van der Waals surface area (Å²) in [5, 5.41) is 0.165. The molecular weight excluding hydrogens is 336 g/mol. The van der Waals surface area contributed by atoms with Gasteiger partial charge < -0.3 is 9.29 Å². The largest absolute Gasteiger partial charge is 0.598 e. The van der Waals surface area contributed by atoms with Gasteiger partial charge in [-0.3, -0.25) is 4.79 Å². The van der Waals surface area contributed by atoms with Crippen molar-refractivity contribution in [3.63, 3.8) is 0 Å². The van der Waals surface area contributed by atoms with Crippen LogP contribution < -0.4 is 9.46 Å². The van der Waals surface area contributed by atoms with Crippen LogP contribution in [-0.4, -0.2) is 26.7 Å². The summed E-state index contributed by atoms with van der Waals surface area (Å²) in [5.74, 6) is 0.369. The van der Waals surface area contributed by atoms with Crippen LogP contribution in [0, 0.1) is 5.92 Å². The Morgan fingerprint density at radius 1 is 1.52 bits per heavy atom. The summed E-state index contributed by atoms with van der Waals surface area (Å²) < 4.78 is 21.2. The van der Waals surface area contributed by atoms with Crippen molar-refractivity contribution >= 4 is 28.7 Å². The van der Waals surface area contributed by atoms with Crippen LogP contribution in [0.2, 0.25) is 5.15 Å². The van der Waals surface area contributed by atoms with Crippen molar-refractivity contribution in [2.45, 2.75) is 51.8 Å². The normalized spacial score (nSPS) is 22.0. The Morgan fingerprint density at radius 3 is 2.61 bits per heavy atom. The topological polar surface area (TPSA) is 74.3 Å². The lowest BCUT2D eigenvalue weighted by molar-refractivity contribution is 0.101. The number of Topliss-reactive ketones (excluding diaryl/α,β-unsaturated/α-hetero) is 1. The summed E-state index contributed by atoms with van der Waals surface area (Å²) >= 11 is 4.89. The fourth-order valence-corrected chi connectivity index (χ4v) is 3.70. The van der Waals surface area contributed by atoms with Crippen molar-refractivity contribution in [1.82, 2.24) is 9.71 Å². The molecule has 2 atom stereocenters. The number of ketones is 1. The number of nitrogens with zero attached hydrogens (tertiary/aromatic N) is 1. The Kier molecular flexibility index (Phi) is 5.02. The second-order valence-corrected chi connectivity index (χ2v) is 9.45. The van der Waals surface area contributed by atoms with Gasteiger partial charge in [-0.05, 0) is 32.8 Å². The molecule has 0 fully saturated rings. The third-order valence-electron chi connectivity index (χ3n) is 4.03. The Balaban J connectivity index is 2.56. The Hall–Kier alpha value is -0.820. The second-order valence-electron chi connectivity index (χ2n) is 7.13. The summed E-state index contributed by atoms with van der Waals surface area (Å²) in [4.78, 5) is 15.8. The van der Waals surface area contributed by atoms with E-state index in [1.807, 2.05) is 34.6 Å². The zero-order valence-electron chi connectivity index (χ0n) is 14.3. The molecule has 0 amide bonds. The van der Waals surface area contributed by atoms with Crippen molar-refractivity contribution in [2.24, 2.45) is 5.92 Å². The molecule has 128 valence electrons. The van der Waals surface area contributed by atoms with Gasteiger partial charge in [0.05, 0.1) is 0 Å². The minimum atomic E-state index is -1.30. The Morgan fingerprint density at radius 2 is 2.13 bits per heavy atom. The first kappa shape index (κ1) is 18.5. The molecule has 1 N–H and O–H groups in total. The van der Waals surface area contributed by atoms with Gasteiger partial charge in [0, 0.05) is 23.8 Å². The monoisotopic (exact) mass is 358 g/mol. The predicted octanol–water partition coefficient (Wildman–Crippen LogP) is 3.23. The smallest absolute Gasteiger partial charge is 0.178 e. The minimum absolute atomic E-state index is 0.0772. The number of fused-ring (bicyclic) bond motifs is 1. The van der Waals surface area contributed by atoms with Crippen molar-refractivity contribution in [3.8, 4) is 5.75 Å². The number of nitrogens with one attached hydrogen (secondary N) is 1. The van der Waals surface area contributed by atoms with Gasteiger partial charge in [-0.1, -0.05) is 25.4 Å². The van der Waals surface area contributed by atoms with E-state index in [9.17, 15) is 9.35 Å². The van der Waals surface area contributed by atoms with Crippen molar-refractivity contribution in [3.05, 3.63) is 22.5 Å². The molecule has 1 aliphatic rings. The van der Waals surface area contributed by atoms with E-state index in [0.717, 1.165) is 5.56 Å². The van der Waals surface area contributed by atoms with E-state index in [1.54, 1.807) is 6.07 Å². The fourth-order valence-electron chi connectivity index (χ4n) is 2.41. The van der Waals surface area contributed by atoms with E-state index in [2.05, 4.69) is 9.71 Å². The average molecular weight is 359 g/mol. The van der Waals surface area contributed by atoms with Crippen LogP contribution in [0.25, 0.3) is 0 Å². The van der Waals surface area contributed by atoms with Crippen molar-refractivity contribution in [2.75, 3.05) is 6.61 Å². The minimum Gasteiger partial charge on any atom is -0.598 e. The van der Waals surface area contributed by atoms with Gasteiger partial charge in [0.1, 0.15) is 22.6 Å². The lowest BCUT2D eigenvalue weighted by atomic mass is 9.82. The van der Waals surface area contributed by atoms with Crippen LogP contribution in [-0.2, 0) is 16.9 Å². The highest BCUT2D eigenvalue weighted by Gasteiger charge is 2.50. The maximum absolute atomic E-state index is 12.7. The molecule has 0 saturated heterocycles.